The van der Waals surface area contributed by atoms with Crippen molar-refractivity contribution in [1.29, 1.82) is 0 Å². The molecular weight excluding hydrogens is 407 g/mol. The number of imidazole rings is 1. The number of carbonyl (C=O) groups excluding carboxylic acids is 1. The number of alkyl halides is 3. The topological polar surface area (TPSA) is 56.0 Å². The Bertz CT molecular complexity index is 1220. The molecule has 2 aromatic heterocycles. The number of hydrogen-bond donors (Lipinski definition) is 0. The average Bonchev–Trinajstić information content (AvgIpc) is 3.38. The van der Waals surface area contributed by atoms with Gasteiger partial charge in [0.25, 0.3) is 5.91 Å². The predicted octanol–water partition coefficient (Wildman–Crippen LogP) is 4.53. The lowest BCUT2D eigenvalue weighted by Crippen LogP contribution is -2.27. The Morgan fingerprint density at radius 3 is 2.42 bits per heavy atom. The van der Waals surface area contributed by atoms with Crippen LogP contribution in [0.15, 0.2) is 60.8 Å². The highest BCUT2D eigenvalue weighted by molar-refractivity contribution is 5.94. The molecule has 0 bridgehead atoms. The molecule has 2 heterocycles. The molecule has 0 saturated carbocycles. The molecule has 2 aromatic carbocycles. The Balaban J connectivity index is 1.51. The summed E-state index contributed by atoms with van der Waals surface area (Å²) in [4.78, 5) is 19.1. The minimum Gasteiger partial charge on any atom is -0.334 e. The van der Waals surface area contributed by atoms with E-state index in [2.05, 4.69) is 14.6 Å². The number of amides is 1. The first kappa shape index (κ1) is 20.6. The van der Waals surface area contributed by atoms with Gasteiger partial charge < -0.3 is 9.47 Å². The first-order valence-electron chi connectivity index (χ1n) is 9.71. The van der Waals surface area contributed by atoms with Gasteiger partial charge in [0.2, 0.25) is 0 Å². The zero-order chi connectivity index (χ0) is 22.2. The van der Waals surface area contributed by atoms with Gasteiger partial charge in [-0.3, -0.25) is 4.79 Å². The van der Waals surface area contributed by atoms with Gasteiger partial charge in [0, 0.05) is 25.4 Å². The lowest BCUT2D eigenvalue weighted by molar-refractivity contribution is -0.141. The van der Waals surface area contributed by atoms with Crippen molar-refractivity contribution < 1.29 is 18.0 Å². The van der Waals surface area contributed by atoms with E-state index in [9.17, 15) is 18.0 Å². The molecule has 0 aliphatic heterocycles. The van der Waals surface area contributed by atoms with E-state index in [0.717, 1.165) is 34.2 Å². The van der Waals surface area contributed by atoms with Crippen LogP contribution in [-0.2, 0) is 19.3 Å². The van der Waals surface area contributed by atoms with Gasteiger partial charge in [0.05, 0.1) is 23.3 Å². The number of aromatic nitrogens is 4. The van der Waals surface area contributed by atoms with Crippen LogP contribution >= 0.6 is 0 Å². The van der Waals surface area contributed by atoms with Gasteiger partial charge in [-0.15, -0.1) is 0 Å². The number of fused-ring (bicyclic) bond motifs is 1. The van der Waals surface area contributed by atoms with Crippen LogP contribution in [0.2, 0.25) is 0 Å². The summed E-state index contributed by atoms with van der Waals surface area (Å²) >= 11 is 0. The molecule has 0 aliphatic carbocycles. The maximum atomic E-state index is 12.9. The predicted molar refractivity (Wildman–Crippen MR) is 110 cm³/mol. The number of para-hydroxylation sites is 2. The lowest BCUT2D eigenvalue weighted by atomic mass is 10.2. The first-order valence-corrected chi connectivity index (χ1v) is 9.71. The summed E-state index contributed by atoms with van der Waals surface area (Å²) in [6, 6.07) is 15.0. The molecule has 0 radical (unpaired) electrons. The van der Waals surface area contributed by atoms with Crippen LogP contribution in [0, 0.1) is 0 Å². The number of halogens is 3. The molecule has 0 fully saturated rings. The first-order chi connectivity index (χ1) is 14.8. The van der Waals surface area contributed by atoms with Crippen molar-refractivity contribution in [2.24, 2.45) is 0 Å². The summed E-state index contributed by atoms with van der Waals surface area (Å²) in [6.45, 7) is 3.09. The lowest BCUT2D eigenvalue weighted by Gasteiger charge is -2.18. The van der Waals surface area contributed by atoms with E-state index in [4.69, 9.17) is 0 Å². The smallest absolute Gasteiger partial charge is 0.334 e. The Hall–Kier alpha value is -3.62. The Morgan fingerprint density at radius 2 is 1.77 bits per heavy atom. The van der Waals surface area contributed by atoms with Gasteiger partial charge in [0.15, 0.2) is 5.69 Å². The van der Waals surface area contributed by atoms with Crippen molar-refractivity contribution in [2.45, 2.75) is 26.2 Å². The Kier molecular flexibility index (Phi) is 5.26. The molecule has 31 heavy (non-hydrogen) atoms. The molecular formula is C22H20F3N5O. The van der Waals surface area contributed by atoms with Crippen molar-refractivity contribution in [3.8, 4) is 5.69 Å². The molecule has 0 unspecified atom stereocenters. The molecule has 160 valence electrons. The maximum Gasteiger partial charge on any atom is 0.435 e. The summed E-state index contributed by atoms with van der Waals surface area (Å²) in [5.74, 6) is 0.574. The largest absolute Gasteiger partial charge is 0.435 e. The number of hydrogen-bond acceptors (Lipinski definition) is 3. The van der Waals surface area contributed by atoms with Gasteiger partial charge in [-0.1, -0.05) is 12.1 Å². The van der Waals surface area contributed by atoms with Crippen molar-refractivity contribution in [2.75, 3.05) is 7.05 Å². The van der Waals surface area contributed by atoms with E-state index in [-0.39, 0.29) is 5.91 Å². The molecule has 0 aliphatic rings. The van der Waals surface area contributed by atoms with Gasteiger partial charge in [-0.2, -0.15) is 18.3 Å². The number of benzene rings is 2. The second-order valence-corrected chi connectivity index (χ2v) is 7.11. The van der Waals surface area contributed by atoms with Crippen molar-refractivity contribution >= 4 is 16.9 Å². The molecule has 0 atom stereocenters. The van der Waals surface area contributed by atoms with E-state index >= 15 is 0 Å². The van der Waals surface area contributed by atoms with Gasteiger partial charge in [-0.05, 0) is 49.4 Å². The third-order valence-electron chi connectivity index (χ3n) is 5.03. The second-order valence-electron chi connectivity index (χ2n) is 7.11. The molecule has 4 aromatic rings. The van der Waals surface area contributed by atoms with Gasteiger partial charge >= 0.3 is 6.18 Å². The number of aryl methyl sites for hydroxylation is 1. The third kappa shape index (κ3) is 4.03. The summed E-state index contributed by atoms with van der Waals surface area (Å²) in [6.07, 6.45) is -3.26. The minimum atomic E-state index is -4.50. The van der Waals surface area contributed by atoms with E-state index in [1.165, 1.54) is 6.20 Å². The van der Waals surface area contributed by atoms with Crippen LogP contribution in [0.3, 0.4) is 0 Å². The molecule has 0 N–H and O–H groups in total. The van der Waals surface area contributed by atoms with Crippen LogP contribution < -0.4 is 0 Å². The molecule has 9 heteroatoms. The minimum absolute atomic E-state index is 0.210. The monoisotopic (exact) mass is 427 g/mol. The van der Waals surface area contributed by atoms with Crippen molar-refractivity contribution in [3.63, 3.8) is 0 Å². The molecule has 1 amide bonds. The number of nitrogens with zero attached hydrogens (tertiary/aromatic N) is 5. The molecule has 6 nitrogen and oxygen atoms in total. The molecule has 0 saturated heterocycles. The van der Waals surface area contributed by atoms with Crippen LogP contribution in [0.1, 0.15) is 28.8 Å². The quantitative estimate of drug-likeness (QED) is 0.470. The van der Waals surface area contributed by atoms with Gasteiger partial charge in [-0.25, -0.2) is 9.67 Å². The third-order valence-corrected chi connectivity index (χ3v) is 5.03. The number of rotatable bonds is 5. The second kappa shape index (κ2) is 7.90. The normalized spacial score (nSPS) is 11.8. The standard InChI is InChI=1S/C22H20F3N5O/c1-3-29-18-7-5-4-6-17(18)26-20(29)14-28(2)21(31)15-8-10-16(11-9-15)30-13-12-19(27-30)22(23,24)25/h4-13H,3,14H2,1-2H3. The van der Waals surface area contributed by atoms with Crippen molar-refractivity contribution in [3.05, 3.63) is 77.9 Å². The zero-order valence-electron chi connectivity index (χ0n) is 17.0. The average molecular weight is 427 g/mol. The SMILES string of the molecule is CCn1c(CN(C)C(=O)c2ccc(-n3ccc(C(F)(F)F)n3)cc2)nc2ccccc21. The van der Waals surface area contributed by atoms with E-state index in [1.54, 1.807) is 36.2 Å². The molecule has 4 rings (SSSR count). The Morgan fingerprint density at radius 1 is 1.06 bits per heavy atom. The van der Waals surface area contributed by atoms with Crippen molar-refractivity contribution in [1.82, 2.24) is 24.2 Å². The highest BCUT2D eigenvalue weighted by atomic mass is 19.4. The van der Waals surface area contributed by atoms with Crippen LogP contribution in [-0.4, -0.2) is 37.2 Å². The molecule has 0 spiro atoms. The summed E-state index contributed by atoms with van der Waals surface area (Å²) in [5, 5.41) is 3.54. The summed E-state index contributed by atoms with van der Waals surface area (Å²) in [7, 11) is 1.69. The van der Waals surface area contributed by atoms with Gasteiger partial charge in [0.1, 0.15) is 5.82 Å². The Labute approximate surface area is 176 Å². The fraction of sp³-hybridized carbons (Fsp3) is 0.227. The fourth-order valence-corrected chi connectivity index (χ4v) is 3.48. The highest BCUT2D eigenvalue weighted by Gasteiger charge is 2.33. The van der Waals surface area contributed by atoms with E-state index in [1.807, 2.05) is 31.2 Å². The summed E-state index contributed by atoms with van der Waals surface area (Å²) in [5.41, 5.74) is 1.78. The number of carbonyl (C=O) groups is 1. The van der Waals surface area contributed by atoms with Crippen LogP contribution in [0.5, 0.6) is 0 Å². The maximum absolute atomic E-state index is 12.9. The van der Waals surface area contributed by atoms with E-state index in [0.29, 0.717) is 17.8 Å². The van der Waals surface area contributed by atoms with Crippen LogP contribution in [0.4, 0.5) is 13.2 Å². The van der Waals surface area contributed by atoms with Crippen LogP contribution in [0.25, 0.3) is 16.7 Å². The fourth-order valence-electron chi connectivity index (χ4n) is 3.48. The summed E-state index contributed by atoms with van der Waals surface area (Å²) < 4.78 is 41.4. The van der Waals surface area contributed by atoms with E-state index < -0.39 is 11.9 Å². The highest BCUT2D eigenvalue weighted by Crippen LogP contribution is 2.28. The zero-order valence-corrected chi connectivity index (χ0v) is 17.0.